The maximum atomic E-state index is 9.10. The van der Waals surface area contributed by atoms with Crippen LogP contribution in [0.25, 0.3) is 0 Å². The Morgan fingerprint density at radius 1 is 0.536 bits per heavy atom. The molecule has 0 rings (SSSR count). The van der Waals surface area contributed by atoms with Crippen molar-refractivity contribution in [3.05, 3.63) is 0 Å². The smallest absolute Gasteiger partial charge is 0.870 e. The van der Waals surface area contributed by atoms with Crippen molar-refractivity contribution >= 4 is 48.1 Å². The fraction of sp³-hybridized carbons (Fsp3) is 0. The van der Waals surface area contributed by atoms with Crippen LogP contribution in [0.5, 0.6) is 0 Å². The van der Waals surface area contributed by atoms with Crippen LogP contribution in [0.3, 0.4) is 0 Å². The van der Waals surface area contributed by atoms with E-state index in [0.29, 0.717) is 6.29 Å². The summed E-state index contributed by atoms with van der Waals surface area (Å²) in [6.07, 6.45) is 0.583. The molecule has 0 heterocycles. The second-order valence-corrected chi connectivity index (χ2v) is 2.19. The van der Waals surface area contributed by atoms with Gasteiger partial charge in [0.1, 0.15) is 0 Å². The van der Waals surface area contributed by atoms with Crippen molar-refractivity contribution in [2.45, 2.75) is 0 Å². The van der Waals surface area contributed by atoms with Gasteiger partial charge in [0.15, 0.2) is 0 Å². The Bertz CT molecular complexity index is 410. The second kappa shape index (κ2) is 37.6. The Balaban J connectivity index is -0.0000000232. The zero-order valence-electron chi connectivity index (χ0n) is 14.7. The van der Waals surface area contributed by atoms with Gasteiger partial charge in [-0.05, 0) is 0 Å². The fourth-order valence-corrected chi connectivity index (χ4v) is 0. The zero-order valence-corrected chi connectivity index (χ0v) is 22.7. The molecule has 0 aromatic rings. The molecular formula is C8H5Na4O16-. The van der Waals surface area contributed by atoms with Gasteiger partial charge < -0.3 is 60.4 Å². The minimum absolute atomic E-state index is 0. The maximum absolute atomic E-state index is 9.10. The van der Waals surface area contributed by atoms with Gasteiger partial charge in [-0.15, -0.1) is 0 Å². The molecule has 0 fully saturated rings. The predicted molar refractivity (Wildman–Crippen MR) is 53.2 cm³/mol. The van der Waals surface area contributed by atoms with E-state index in [1.54, 1.807) is 0 Å². The van der Waals surface area contributed by atoms with Crippen LogP contribution in [0.4, 0.5) is 0 Å². The SMILES string of the molecule is O=C(O)C(=O)O.O=C(O)C(=O)O.O=C([O-])C(=O)[O-].O=[C-]C(=O)[O-].[Na+].[Na+].[Na+].[Na+].[OH-]. The average molecular weight is 449 g/mol. The van der Waals surface area contributed by atoms with Gasteiger partial charge in [0.2, 0.25) is 0 Å². The number of carboxylic acids is 7. The Hall–Kier alpha value is -0.0800. The Morgan fingerprint density at radius 3 is 0.643 bits per heavy atom. The molecule has 0 amide bonds. The van der Waals surface area contributed by atoms with Gasteiger partial charge in [0.25, 0.3) is 0 Å². The normalized spacial score (nSPS) is 5.86. The van der Waals surface area contributed by atoms with E-state index in [1.165, 1.54) is 0 Å². The van der Waals surface area contributed by atoms with Gasteiger partial charge in [-0.1, -0.05) is 5.97 Å². The summed E-state index contributed by atoms with van der Waals surface area (Å²) in [6, 6.07) is 0. The number of rotatable bonds is 1. The molecule has 28 heavy (non-hydrogen) atoms. The van der Waals surface area contributed by atoms with Gasteiger partial charge in [0.05, 0.1) is 11.9 Å². The van der Waals surface area contributed by atoms with E-state index in [2.05, 4.69) is 0 Å². The molecule has 0 unspecified atom stereocenters. The van der Waals surface area contributed by atoms with Crippen LogP contribution >= 0.6 is 0 Å². The van der Waals surface area contributed by atoms with Crippen molar-refractivity contribution in [2.75, 3.05) is 0 Å². The summed E-state index contributed by atoms with van der Waals surface area (Å²) >= 11 is 0. The molecule has 16 nitrogen and oxygen atoms in total. The third-order valence-corrected chi connectivity index (χ3v) is 0.616. The summed E-state index contributed by atoms with van der Waals surface area (Å²) in [5, 5.41) is 56.2. The van der Waals surface area contributed by atoms with E-state index in [1.807, 2.05) is 0 Å². The number of carbonyl (C=O) groups excluding carboxylic acids is 4. The van der Waals surface area contributed by atoms with Crippen LogP contribution in [0.1, 0.15) is 0 Å². The molecule has 0 atom stereocenters. The first-order valence-electron chi connectivity index (χ1n) is 4.14. The van der Waals surface area contributed by atoms with Crippen LogP contribution in [0, 0.1) is 0 Å². The summed E-state index contributed by atoms with van der Waals surface area (Å²) in [6.45, 7) is 0. The first-order valence-corrected chi connectivity index (χ1v) is 4.14. The average Bonchev–Trinajstić information content (AvgIpc) is 2.40. The van der Waals surface area contributed by atoms with E-state index in [9.17, 15) is 0 Å². The van der Waals surface area contributed by atoms with Crippen molar-refractivity contribution in [1.29, 1.82) is 0 Å². The van der Waals surface area contributed by atoms with Gasteiger partial charge in [-0.3, -0.25) is 0 Å². The van der Waals surface area contributed by atoms with Crippen LogP contribution in [0.15, 0.2) is 0 Å². The van der Waals surface area contributed by atoms with Crippen LogP contribution in [-0.4, -0.2) is 74.0 Å². The van der Waals surface area contributed by atoms with Crippen molar-refractivity contribution in [1.82, 2.24) is 0 Å². The van der Waals surface area contributed by atoms with Crippen molar-refractivity contribution < 1.29 is 198 Å². The summed E-state index contributed by atoms with van der Waals surface area (Å²) in [7, 11) is 0. The molecule has 0 aliphatic carbocycles. The summed E-state index contributed by atoms with van der Waals surface area (Å²) in [5.74, 6) is -13.5. The molecule has 0 aromatic carbocycles. The topological polar surface area (TPSA) is 317 Å². The second-order valence-electron chi connectivity index (χ2n) is 2.19. The van der Waals surface area contributed by atoms with Crippen LogP contribution in [-0.2, 0) is 38.4 Å². The number of carboxylic acid groups (broad SMARTS) is 7. The van der Waals surface area contributed by atoms with Gasteiger partial charge in [-0.25, -0.2) is 25.5 Å². The number of carbonyl (C=O) groups is 7. The molecule has 5 N–H and O–H groups in total. The Labute approximate surface area is 242 Å². The molecule has 0 aliphatic heterocycles. The van der Waals surface area contributed by atoms with Gasteiger partial charge >= 0.3 is 142 Å². The van der Waals surface area contributed by atoms with E-state index < -0.39 is 41.8 Å². The van der Waals surface area contributed by atoms with E-state index in [4.69, 9.17) is 74.1 Å². The maximum Gasteiger partial charge on any atom is 1.00 e. The molecule has 138 valence electrons. The monoisotopic (exact) mass is 449 g/mol. The zero-order chi connectivity index (χ0) is 19.7. The number of aliphatic carboxylic acids is 7. The molecule has 0 saturated carbocycles. The Morgan fingerprint density at radius 2 is 0.643 bits per heavy atom. The van der Waals surface area contributed by atoms with Gasteiger partial charge in [0, 0.05) is 0 Å². The van der Waals surface area contributed by atoms with Crippen molar-refractivity contribution in [3.63, 3.8) is 0 Å². The van der Waals surface area contributed by atoms with Crippen LogP contribution < -0.4 is 134 Å². The van der Waals surface area contributed by atoms with E-state index >= 15 is 0 Å². The first kappa shape index (κ1) is 56.5. The van der Waals surface area contributed by atoms with Crippen molar-refractivity contribution in [2.24, 2.45) is 0 Å². The molecule has 0 spiro atoms. The van der Waals surface area contributed by atoms with Crippen LogP contribution in [0.2, 0.25) is 0 Å². The Kier molecular flexibility index (Phi) is 76.0. The fourth-order valence-electron chi connectivity index (χ4n) is 0. The summed E-state index contributed by atoms with van der Waals surface area (Å²) in [4.78, 5) is 71.8. The third-order valence-electron chi connectivity index (χ3n) is 0.616. The molecular weight excluding hydrogens is 444 g/mol. The van der Waals surface area contributed by atoms with E-state index in [0.717, 1.165) is 0 Å². The summed E-state index contributed by atoms with van der Waals surface area (Å²) < 4.78 is 0. The van der Waals surface area contributed by atoms with Gasteiger partial charge in [-0.2, -0.15) is 0 Å². The molecule has 20 heteroatoms. The third kappa shape index (κ3) is 83.1. The largest absolute Gasteiger partial charge is 1.00 e. The molecule has 0 aromatic heterocycles. The minimum Gasteiger partial charge on any atom is -0.870 e. The summed E-state index contributed by atoms with van der Waals surface area (Å²) in [5.41, 5.74) is 0. The minimum atomic E-state index is -2.19. The predicted octanol–water partition coefficient (Wildman–Crippen LogP) is -19.5. The van der Waals surface area contributed by atoms with Crippen molar-refractivity contribution in [3.8, 4) is 0 Å². The number of hydrogen-bond acceptors (Lipinski definition) is 12. The quantitative estimate of drug-likeness (QED) is 0.164. The molecule has 0 aliphatic rings. The first-order chi connectivity index (χ1) is 10.2. The number of hydrogen-bond donors (Lipinski definition) is 4. The van der Waals surface area contributed by atoms with E-state index in [-0.39, 0.29) is 124 Å². The standard InChI is InChI=1S/3C2H2O4.C2HO3.4Na.H2O/c3*3-1(4)2(5)6;3-1-2(4)5;;;;;/h3*(H,3,4)(H,5,6);(H,4,5);;;;;1H2/q;;;-1;4*+1;/p-4. The molecule has 0 bridgehead atoms. The molecule has 0 radical (unpaired) electrons. The molecule has 0 saturated heterocycles.